The molecule has 4 heterocycles. The third-order valence-corrected chi connectivity index (χ3v) is 8.87. The van der Waals surface area contributed by atoms with Crippen LogP contribution in [0.1, 0.15) is 10.4 Å². The highest BCUT2D eigenvalue weighted by Crippen LogP contribution is 2.32. The predicted octanol–water partition coefficient (Wildman–Crippen LogP) is 3.51. The molecule has 3 N–H and O–H groups in total. The number of nitrogens with one attached hydrogen (secondary N) is 1. The summed E-state index contributed by atoms with van der Waals surface area (Å²) in [6.07, 6.45) is 3.20. The van der Waals surface area contributed by atoms with Crippen LogP contribution in [-0.4, -0.2) is 127 Å². The van der Waals surface area contributed by atoms with Crippen molar-refractivity contribution in [1.82, 2.24) is 34.0 Å². The number of aliphatic hydroxyl groups excluding tert-OH is 1. The van der Waals surface area contributed by atoms with Crippen LogP contribution in [0.15, 0.2) is 48.9 Å². The van der Waals surface area contributed by atoms with Gasteiger partial charge in [-0.2, -0.15) is 9.65 Å². The zero-order valence-corrected chi connectivity index (χ0v) is 27.1. The van der Waals surface area contributed by atoms with Crippen molar-refractivity contribution in [3.05, 3.63) is 71.1 Å². The molecule has 15 nitrogen and oxygen atoms in total. The number of rotatable bonds is 7. The van der Waals surface area contributed by atoms with E-state index in [1.54, 1.807) is 34.1 Å². The topological polar surface area (TPSA) is 180 Å². The van der Waals surface area contributed by atoms with Crippen LogP contribution in [0, 0.1) is 23.0 Å². The SMILES string of the molecule is N#CCOc1ccc(-c2cnc3c(Nc4ccc(C(=O)N5CCN(C(=O)N6CCN(C(=O)O)[C@@H](CO)C6)CC5)c(Cl)c4)nccn23)c(F)c1F. The molecule has 0 aliphatic carbocycles. The largest absolute Gasteiger partial charge is 0.476 e. The number of fused-ring (bicyclic) bond motifs is 1. The number of amides is 4. The van der Waals surface area contributed by atoms with E-state index in [-0.39, 0.29) is 91.2 Å². The lowest BCUT2D eigenvalue weighted by Gasteiger charge is -2.42. The Kier molecular flexibility index (Phi) is 9.83. The lowest BCUT2D eigenvalue weighted by Crippen LogP contribution is -2.61. The zero-order chi connectivity index (χ0) is 35.5. The Bertz CT molecular complexity index is 2000. The third kappa shape index (κ3) is 6.62. The summed E-state index contributed by atoms with van der Waals surface area (Å²) >= 11 is 6.56. The lowest BCUT2D eigenvalue weighted by atomic mass is 10.1. The molecular weight excluding hydrogens is 680 g/mol. The summed E-state index contributed by atoms with van der Waals surface area (Å²) in [5, 5.41) is 30.9. The Hall–Kier alpha value is -5.73. The van der Waals surface area contributed by atoms with E-state index in [0.717, 1.165) is 4.90 Å². The number of nitriles is 1. The smallest absolute Gasteiger partial charge is 0.407 e. The van der Waals surface area contributed by atoms with Gasteiger partial charge in [0.2, 0.25) is 5.82 Å². The number of anilines is 2. The van der Waals surface area contributed by atoms with Gasteiger partial charge in [-0.25, -0.2) is 23.9 Å². The van der Waals surface area contributed by atoms with E-state index in [2.05, 4.69) is 15.3 Å². The summed E-state index contributed by atoms with van der Waals surface area (Å²) in [4.78, 5) is 52.4. The molecule has 0 saturated carbocycles. The van der Waals surface area contributed by atoms with Gasteiger partial charge in [0.25, 0.3) is 5.91 Å². The summed E-state index contributed by atoms with van der Waals surface area (Å²) in [7, 11) is 0. The molecule has 2 aliphatic rings. The monoisotopic (exact) mass is 709 g/mol. The second kappa shape index (κ2) is 14.4. The van der Waals surface area contributed by atoms with Gasteiger partial charge in [0.05, 0.1) is 35.1 Å². The molecule has 4 amide bonds. The molecule has 0 unspecified atom stereocenters. The van der Waals surface area contributed by atoms with Crippen molar-refractivity contribution in [2.45, 2.75) is 6.04 Å². The molecule has 18 heteroatoms. The number of hydrogen-bond acceptors (Lipinski definition) is 9. The molecule has 2 aromatic carbocycles. The highest BCUT2D eigenvalue weighted by Gasteiger charge is 2.35. The number of aliphatic hydroxyl groups is 1. The Morgan fingerprint density at radius 3 is 2.46 bits per heavy atom. The van der Waals surface area contributed by atoms with E-state index in [0.29, 0.717) is 11.3 Å². The van der Waals surface area contributed by atoms with Gasteiger partial charge in [0, 0.05) is 69.5 Å². The van der Waals surface area contributed by atoms with Gasteiger partial charge in [-0.05, 0) is 30.3 Å². The molecule has 4 aromatic rings. The number of benzene rings is 2. The quantitative estimate of drug-likeness (QED) is 0.257. The fourth-order valence-corrected chi connectivity index (χ4v) is 6.23. The number of carbonyl (C=O) groups excluding carboxylic acids is 2. The van der Waals surface area contributed by atoms with E-state index in [1.165, 1.54) is 40.0 Å². The first kappa shape index (κ1) is 34.1. The number of aromatic nitrogens is 3. The highest BCUT2D eigenvalue weighted by molar-refractivity contribution is 6.34. The van der Waals surface area contributed by atoms with Gasteiger partial charge >= 0.3 is 12.1 Å². The molecule has 260 valence electrons. The first-order valence-corrected chi connectivity index (χ1v) is 15.8. The summed E-state index contributed by atoms with van der Waals surface area (Å²) in [5.41, 5.74) is 1.19. The molecule has 6 rings (SSSR count). The molecule has 1 atom stereocenters. The molecule has 2 aromatic heterocycles. The third-order valence-electron chi connectivity index (χ3n) is 8.55. The van der Waals surface area contributed by atoms with E-state index < -0.39 is 37.0 Å². The summed E-state index contributed by atoms with van der Waals surface area (Å²) in [6, 6.07) is 8.03. The number of piperazine rings is 2. The summed E-state index contributed by atoms with van der Waals surface area (Å²) in [6.45, 7) is 0.596. The maximum Gasteiger partial charge on any atom is 0.407 e. The molecule has 50 heavy (non-hydrogen) atoms. The molecule has 0 radical (unpaired) electrons. The number of carboxylic acid groups (broad SMARTS) is 1. The van der Waals surface area contributed by atoms with Crippen molar-refractivity contribution in [1.29, 1.82) is 5.26 Å². The number of imidazole rings is 1. The van der Waals surface area contributed by atoms with Crippen LogP contribution in [0.4, 0.5) is 29.9 Å². The van der Waals surface area contributed by atoms with Crippen molar-refractivity contribution in [2.24, 2.45) is 0 Å². The van der Waals surface area contributed by atoms with Crippen molar-refractivity contribution in [2.75, 3.05) is 64.3 Å². The van der Waals surface area contributed by atoms with Crippen LogP contribution in [0.5, 0.6) is 5.75 Å². The van der Waals surface area contributed by atoms with Crippen LogP contribution >= 0.6 is 11.6 Å². The minimum Gasteiger partial charge on any atom is -0.476 e. The van der Waals surface area contributed by atoms with Gasteiger partial charge in [-0.15, -0.1) is 0 Å². The first-order valence-electron chi connectivity index (χ1n) is 15.4. The predicted molar refractivity (Wildman–Crippen MR) is 174 cm³/mol. The van der Waals surface area contributed by atoms with Crippen LogP contribution in [0.2, 0.25) is 5.02 Å². The number of hydrogen-bond donors (Lipinski definition) is 3. The highest BCUT2D eigenvalue weighted by atomic mass is 35.5. The number of urea groups is 1. The van der Waals surface area contributed by atoms with Gasteiger partial charge < -0.3 is 35.0 Å². The Balaban J connectivity index is 1.10. The van der Waals surface area contributed by atoms with Gasteiger partial charge in [-0.1, -0.05) is 11.6 Å². The van der Waals surface area contributed by atoms with Crippen LogP contribution in [-0.2, 0) is 0 Å². The maximum atomic E-state index is 15.0. The molecule has 0 spiro atoms. The lowest BCUT2D eigenvalue weighted by molar-refractivity contribution is 0.0392. The van der Waals surface area contributed by atoms with Crippen LogP contribution < -0.4 is 10.1 Å². The standard InChI is InChI=1S/C32H30ClF2N9O6/c33-23-15-19(39-28-29-38-16-24(44(29)7-6-37-28)22-3-4-25(50-14-5-36)27(35)26(22)34)1-2-21(23)30(46)40-8-10-41(11-9-40)31(47)42-12-13-43(32(48)49)20(17-42)18-45/h1-4,6-7,15-16,20,45H,8-14,17-18H2,(H,37,39)(H,48,49)/t20-/m1/s1. The minimum atomic E-state index is -1.23. The second-order valence-corrected chi connectivity index (χ2v) is 11.8. The normalized spacial score (nSPS) is 16.3. The fourth-order valence-electron chi connectivity index (χ4n) is 5.97. The van der Waals surface area contributed by atoms with Gasteiger partial charge in [0.15, 0.2) is 29.6 Å². The fraction of sp³-hybridized carbons (Fsp3) is 0.312. The van der Waals surface area contributed by atoms with Crippen LogP contribution in [0.25, 0.3) is 16.9 Å². The Morgan fingerprint density at radius 2 is 1.76 bits per heavy atom. The maximum absolute atomic E-state index is 15.0. The van der Waals surface area contributed by atoms with Gasteiger partial charge in [0.1, 0.15) is 6.07 Å². The minimum absolute atomic E-state index is 0.0791. The first-order chi connectivity index (χ1) is 24.1. The number of nitrogens with zero attached hydrogens (tertiary/aromatic N) is 8. The molecule has 0 bridgehead atoms. The summed E-state index contributed by atoms with van der Waals surface area (Å²) in [5.74, 6) is -2.82. The van der Waals surface area contributed by atoms with E-state index in [9.17, 15) is 29.0 Å². The van der Waals surface area contributed by atoms with E-state index in [4.69, 9.17) is 21.6 Å². The van der Waals surface area contributed by atoms with Crippen molar-refractivity contribution in [3.8, 4) is 23.1 Å². The van der Waals surface area contributed by atoms with Gasteiger partial charge in [-0.3, -0.25) is 14.1 Å². The number of halogens is 3. The number of carbonyl (C=O) groups is 3. The van der Waals surface area contributed by atoms with Crippen molar-refractivity contribution < 1.29 is 38.1 Å². The molecule has 2 fully saturated rings. The van der Waals surface area contributed by atoms with Crippen molar-refractivity contribution in [3.63, 3.8) is 0 Å². The van der Waals surface area contributed by atoms with Crippen LogP contribution in [0.3, 0.4) is 0 Å². The van der Waals surface area contributed by atoms with Crippen molar-refractivity contribution >= 4 is 46.8 Å². The Morgan fingerprint density at radius 1 is 1.02 bits per heavy atom. The molecule has 2 saturated heterocycles. The summed E-state index contributed by atoms with van der Waals surface area (Å²) < 4.78 is 36.1. The van der Waals surface area contributed by atoms with E-state index in [1.807, 2.05) is 0 Å². The molecular formula is C32H30ClF2N9O6. The zero-order valence-electron chi connectivity index (χ0n) is 26.3. The average Bonchev–Trinajstić information content (AvgIpc) is 3.56. The Labute approximate surface area is 288 Å². The van der Waals surface area contributed by atoms with E-state index >= 15 is 4.39 Å². The second-order valence-electron chi connectivity index (χ2n) is 11.4. The average molecular weight is 710 g/mol. The number of ether oxygens (including phenoxy) is 1. The molecule has 2 aliphatic heterocycles.